The Bertz CT molecular complexity index is 474. The Morgan fingerprint density at radius 2 is 1.27 bits per heavy atom. The summed E-state index contributed by atoms with van der Waals surface area (Å²) in [6.45, 7) is 1.87. The molecule has 0 fully saturated rings. The molecule has 2 rings (SSSR count). The van der Waals surface area contributed by atoms with E-state index in [2.05, 4.69) is 29.2 Å². The van der Waals surface area contributed by atoms with Crippen LogP contribution in [0.25, 0.3) is 0 Å². The number of benzene rings is 2. The van der Waals surface area contributed by atoms with Gasteiger partial charge in [-0.3, -0.25) is 4.90 Å². The number of rotatable bonds is 9. The smallest absolute Gasteiger partial charge is 0.0587 e. The maximum atomic E-state index is 9.76. The van der Waals surface area contributed by atoms with Crippen LogP contribution in [0.15, 0.2) is 60.7 Å². The van der Waals surface area contributed by atoms with Crippen LogP contribution in [0.4, 0.5) is 0 Å². The van der Waals surface area contributed by atoms with Gasteiger partial charge in [0.15, 0.2) is 0 Å². The summed E-state index contributed by atoms with van der Waals surface area (Å²) in [5.41, 5.74) is 2.47. The van der Waals surface area contributed by atoms with Crippen molar-refractivity contribution in [3.63, 3.8) is 0 Å². The Kier molecular flexibility index (Phi) is 7.10. The largest absolute Gasteiger partial charge is 0.396 e. The molecule has 0 aliphatic carbocycles. The van der Waals surface area contributed by atoms with Crippen molar-refractivity contribution >= 4 is 0 Å². The van der Waals surface area contributed by atoms with Gasteiger partial charge in [-0.25, -0.2) is 0 Å². The van der Waals surface area contributed by atoms with Crippen molar-refractivity contribution in [2.75, 3.05) is 13.2 Å². The van der Waals surface area contributed by atoms with E-state index in [0.29, 0.717) is 6.42 Å². The van der Waals surface area contributed by atoms with Gasteiger partial charge in [-0.15, -0.1) is 0 Å². The number of aliphatic hydroxyl groups excluding tert-OH is 2. The molecular weight excluding hydrogens is 274 g/mol. The third kappa shape index (κ3) is 5.26. The van der Waals surface area contributed by atoms with Crippen LogP contribution in [0.1, 0.15) is 24.0 Å². The van der Waals surface area contributed by atoms with Gasteiger partial charge in [0.1, 0.15) is 0 Å². The van der Waals surface area contributed by atoms with E-state index in [1.807, 2.05) is 36.4 Å². The molecule has 0 amide bonds. The second kappa shape index (κ2) is 9.36. The van der Waals surface area contributed by atoms with Crippen LogP contribution in [-0.4, -0.2) is 34.4 Å². The highest BCUT2D eigenvalue weighted by Crippen LogP contribution is 2.16. The van der Waals surface area contributed by atoms with Gasteiger partial charge >= 0.3 is 0 Å². The van der Waals surface area contributed by atoms with Crippen LogP contribution in [0.3, 0.4) is 0 Å². The fraction of sp³-hybridized carbons (Fsp3) is 0.368. The number of hydrogen-bond acceptors (Lipinski definition) is 3. The standard InChI is InChI=1S/C19H25NO2/c21-13-7-12-19(16-22)20(14-17-8-3-1-4-9-17)15-18-10-5-2-6-11-18/h1-6,8-11,19,21-22H,7,12-16H2/t19-/m1/s1. The Labute approximate surface area is 132 Å². The molecule has 2 aromatic rings. The first-order valence-electron chi connectivity index (χ1n) is 7.87. The van der Waals surface area contributed by atoms with Crippen molar-refractivity contribution in [3.05, 3.63) is 71.8 Å². The second-order valence-corrected chi connectivity index (χ2v) is 5.58. The van der Waals surface area contributed by atoms with E-state index in [9.17, 15) is 5.11 Å². The molecule has 0 aromatic heterocycles. The lowest BCUT2D eigenvalue weighted by atomic mass is 10.1. The highest BCUT2D eigenvalue weighted by atomic mass is 16.3. The molecule has 22 heavy (non-hydrogen) atoms. The first-order valence-corrected chi connectivity index (χ1v) is 7.87. The van der Waals surface area contributed by atoms with E-state index >= 15 is 0 Å². The summed E-state index contributed by atoms with van der Waals surface area (Å²) >= 11 is 0. The maximum absolute atomic E-state index is 9.76. The first kappa shape index (κ1) is 16.7. The van der Waals surface area contributed by atoms with Crippen molar-refractivity contribution in [1.29, 1.82) is 0 Å². The Balaban J connectivity index is 2.11. The zero-order valence-corrected chi connectivity index (χ0v) is 12.9. The van der Waals surface area contributed by atoms with E-state index < -0.39 is 0 Å². The third-order valence-corrected chi connectivity index (χ3v) is 3.88. The topological polar surface area (TPSA) is 43.7 Å². The number of nitrogens with zero attached hydrogens (tertiary/aromatic N) is 1. The normalized spacial score (nSPS) is 12.5. The van der Waals surface area contributed by atoms with E-state index in [1.165, 1.54) is 11.1 Å². The summed E-state index contributed by atoms with van der Waals surface area (Å²) in [4.78, 5) is 2.29. The van der Waals surface area contributed by atoms with Crippen LogP contribution in [0, 0.1) is 0 Å². The molecule has 0 aliphatic heterocycles. The lowest BCUT2D eigenvalue weighted by Crippen LogP contribution is -2.37. The van der Waals surface area contributed by atoms with Gasteiger partial charge in [0, 0.05) is 25.7 Å². The third-order valence-electron chi connectivity index (χ3n) is 3.88. The minimum atomic E-state index is 0.0626. The molecule has 3 nitrogen and oxygen atoms in total. The lowest BCUT2D eigenvalue weighted by Gasteiger charge is -2.30. The SMILES string of the molecule is OCCC[C@H](CO)N(Cc1ccccc1)Cc1ccccc1. The molecule has 0 spiro atoms. The molecule has 2 N–H and O–H groups in total. The van der Waals surface area contributed by atoms with E-state index in [-0.39, 0.29) is 19.3 Å². The molecule has 0 saturated carbocycles. The second-order valence-electron chi connectivity index (χ2n) is 5.58. The quantitative estimate of drug-likeness (QED) is 0.748. The molecule has 0 heterocycles. The summed E-state index contributed by atoms with van der Waals surface area (Å²) in [5, 5.41) is 18.8. The van der Waals surface area contributed by atoms with Crippen LogP contribution < -0.4 is 0 Å². The van der Waals surface area contributed by atoms with Gasteiger partial charge in [0.2, 0.25) is 0 Å². The fourth-order valence-corrected chi connectivity index (χ4v) is 2.67. The Morgan fingerprint density at radius 1 is 0.773 bits per heavy atom. The van der Waals surface area contributed by atoms with Gasteiger partial charge in [0.05, 0.1) is 6.61 Å². The van der Waals surface area contributed by atoms with Crippen molar-refractivity contribution in [2.45, 2.75) is 32.0 Å². The molecule has 0 bridgehead atoms. The van der Waals surface area contributed by atoms with E-state index in [0.717, 1.165) is 19.5 Å². The summed E-state index contributed by atoms with van der Waals surface area (Å²) in [6, 6.07) is 20.7. The van der Waals surface area contributed by atoms with Crippen LogP contribution >= 0.6 is 0 Å². The molecule has 118 valence electrons. The fourth-order valence-electron chi connectivity index (χ4n) is 2.67. The van der Waals surface area contributed by atoms with E-state index in [1.54, 1.807) is 0 Å². The lowest BCUT2D eigenvalue weighted by molar-refractivity contribution is 0.0969. The van der Waals surface area contributed by atoms with Crippen LogP contribution in [0.5, 0.6) is 0 Å². The van der Waals surface area contributed by atoms with Crippen molar-refractivity contribution in [2.24, 2.45) is 0 Å². The van der Waals surface area contributed by atoms with Crippen molar-refractivity contribution in [1.82, 2.24) is 4.90 Å². The molecule has 3 heteroatoms. The van der Waals surface area contributed by atoms with Crippen LogP contribution in [0.2, 0.25) is 0 Å². The van der Waals surface area contributed by atoms with Gasteiger partial charge in [0.25, 0.3) is 0 Å². The summed E-state index contributed by atoms with van der Waals surface area (Å²) in [5.74, 6) is 0. The van der Waals surface area contributed by atoms with Gasteiger partial charge in [-0.05, 0) is 24.0 Å². The molecule has 2 aromatic carbocycles. The van der Waals surface area contributed by atoms with Gasteiger partial charge < -0.3 is 10.2 Å². The molecule has 0 saturated heterocycles. The average Bonchev–Trinajstić information content (AvgIpc) is 2.57. The summed E-state index contributed by atoms with van der Waals surface area (Å²) < 4.78 is 0. The number of aliphatic hydroxyl groups is 2. The Morgan fingerprint density at radius 3 is 1.68 bits per heavy atom. The van der Waals surface area contributed by atoms with Crippen LogP contribution in [-0.2, 0) is 13.1 Å². The average molecular weight is 299 g/mol. The molecule has 0 aliphatic rings. The van der Waals surface area contributed by atoms with Crippen molar-refractivity contribution < 1.29 is 10.2 Å². The summed E-state index contributed by atoms with van der Waals surface area (Å²) in [7, 11) is 0. The Hall–Kier alpha value is -1.68. The predicted octanol–water partition coefficient (Wildman–Crippen LogP) is 2.82. The van der Waals surface area contributed by atoms with E-state index in [4.69, 9.17) is 5.11 Å². The zero-order chi connectivity index (χ0) is 15.6. The molecule has 0 unspecified atom stereocenters. The molecule has 1 atom stereocenters. The maximum Gasteiger partial charge on any atom is 0.0587 e. The highest BCUT2D eigenvalue weighted by Gasteiger charge is 2.18. The van der Waals surface area contributed by atoms with Gasteiger partial charge in [-0.1, -0.05) is 60.7 Å². The molecular formula is C19H25NO2. The minimum absolute atomic E-state index is 0.0626. The van der Waals surface area contributed by atoms with Gasteiger partial charge in [-0.2, -0.15) is 0 Å². The first-order chi connectivity index (χ1) is 10.8. The molecule has 0 radical (unpaired) electrons. The zero-order valence-electron chi connectivity index (χ0n) is 12.9. The summed E-state index contributed by atoms with van der Waals surface area (Å²) in [6.07, 6.45) is 1.51. The predicted molar refractivity (Wildman–Crippen MR) is 89.3 cm³/mol. The monoisotopic (exact) mass is 299 g/mol. The minimum Gasteiger partial charge on any atom is -0.396 e. The highest BCUT2D eigenvalue weighted by molar-refractivity contribution is 5.17. The number of hydrogen-bond donors (Lipinski definition) is 2. The van der Waals surface area contributed by atoms with Crippen molar-refractivity contribution in [3.8, 4) is 0 Å².